The van der Waals surface area contributed by atoms with Gasteiger partial charge in [-0.25, -0.2) is 0 Å². The molecule has 0 spiro atoms. The van der Waals surface area contributed by atoms with Gasteiger partial charge in [0.05, 0.1) is 0 Å². The van der Waals surface area contributed by atoms with Crippen molar-refractivity contribution in [3.8, 4) is 10.9 Å². The van der Waals surface area contributed by atoms with Crippen LogP contribution in [-0.4, -0.2) is 10.2 Å². The minimum atomic E-state index is -4.54. The highest BCUT2D eigenvalue weighted by Crippen LogP contribution is 2.39. The van der Waals surface area contributed by atoms with Crippen LogP contribution in [0.15, 0.2) is 18.2 Å². The van der Waals surface area contributed by atoms with Gasteiger partial charge in [0.1, 0.15) is 16.3 Å². The number of halogens is 3. The number of nitrogens with zero attached hydrogens (tertiary/aromatic N) is 2. The van der Waals surface area contributed by atoms with E-state index in [9.17, 15) is 13.2 Å². The molecule has 1 heterocycles. The van der Waals surface area contributed by atoms with Crippen LogP contribution in [0.2, 0.25) is 0 Å². The largest absolute Gasteiger partial charge is 0.429 e. The number of nitrogen functional groups attached to an aromatic ring is 1. The van der Waals surface area contributed by atoms with Gasteiger partial charge in [0.15, 0.2) is 0 Å². The number of aryl methyl sites for hydroxylation is 1. The van der Waals surface area contributed by atoms with E-state index in [-0.39, 0.29) is 16.6 Å². The Kier molecular flexibility index (Phi) is 3.12. The summed E-state index contributed by atoms with van der Waals surface area (Å²) >= 11 is 1.06. The van der Waals surface area contributed by atoms with E-state index >= 15 is 0 Å². The number of anilines is 1. The molecule has 0 aliphatic heterocycles. The highest BCUT2D eigenvalue weighted by molar-refractivity contribution is 7.13. The van der Waals surface area contributed by atoms with Gasteiger partial charge >= 0.3 is 6.18 Å². The summed E-state index contributed by atoms with van der Waals surface area (Å²) in [6.45, 7) is 1.68. The van der Waals surface area contributed by atoms with Gasteiger partial charge < -0.3 is 10.5 Å². The second kappa shape index (κ2) is 4.45. The van der Waals surface area contributed by atoms with E-state index < -0.39 is 11.7 Å². The third-order valence-electron chi connectivity index (χ3n) is 2.01. The van der Waals surface area contributed by atoms with E-state index in [2.05, 4.69) is 10.2 Å². The molecule has 1 aromatic carbocycles. The molecule has 0 unspecified atom stereocenters. The molecule has 0 aliphatic rings. The van der Waals surface area contributed by atoms with Crippen LogP contribution in [0.3, 0.4) is 0 Å². The summed E-state index contributed by atoms with van der Waals surface area (Å²) in [6, 6.07) is 3.32. The molecular weight excluding hydrogens is 267 g/mol. The summed E-state index contributed by atoms with van der Waals surface area (Å²) in [4.78, 5) is 0. The molecule has 0 amide bonds. The maximum atomic E-state index is 12.8. The topological polar surface area (TPSA) is 61.0 Å². The van der Waals surface area contributed by atoms with E-state index in [4.69, 9.17) is 10.5 Å². The standard InChI is InChI=1S/C10H8F3N3OS/c1-5-15-16-9(18-5)17-8-3-2-6(14)4-7(8)10(11,12)13/h2-4H,14H2,1H3. The molecule has 2 aromatic rings. The molecule has 4 nitrogen and oxygen atoms in total. The summed E-state index contributed by atoms with van der Waals surface area (Å²) in [5, 5.41) is 7.93. The van der Waals surface area contributed by atoms with Crippen molar-refractivity contribution in [2.45, 2.75) is 13.1 Å². The second-order valence-corrected chi connectivity index (χ2v) is 4.59. The highest BCUT2D eigenvalue weighted by Gasteiger charge is 2.35. The van der Waals surface area contributed by atoms with Gasteiger partial charge in [0.25, 0.3) is 5.19 Å². The molecule has 0 fully saturated rings. The monoisotopic (exact) mass is 275 g/mol. The quantitative estimate of drug-likeness (QED) is 0.855. The molecule has 0 atom stereocenters. The fraction of sp³-hybridized carbons (Fsp3) is 0.200. The number of benzene rings is 1. The molecular formula is C10H8F3N3OS. The first kappa shape index (κ1) is 12.6. The maximum absolute atomic E-state index is 12.8. The molecule has 0 bridgehead atoms. The van der Waals surface area contributed by atoms with E-state index in [0.29, 0.717) is 5.01 Å². The van der Waals surface area contributed by atoms with Crippen molar-refractivity contribution in [3.05, 3.63) is 28.8 Å². The van der Waals surface area contributed by atoms with Crippen molar-refractivity contribution in [3.63, 3.8) is 0 Å². The van der Waals surface area contributed by atoms with Gasteiger partial charge in [-0.3, -0.25) is 0 Å². The predicted octanol–water partition coefficient (Wildman–Crippen LogP) is 3.24. The highest BCUT2D eigenvalue weighted by atomic mass is 32.1. The smallest absolute Gasteiger partial charge is 0.420 e. The SMILES string of the molecule is Cc1nnc(Oc2ccc(N)cc2C(F)(F)F)s1. The zero-order valence-electron chi connectivity index (χ0n) is 9.15. The molecule has 1 aromatic heterocycles. The fourth-order valence-corrected chi connectivity index (χ4v) is 1.82. The molecule has 2 N–H and O–H groups in total. The Morgan fingerprint density at radius 2 is 2.00 bits per heavy atom. The number of hydrogen-bond donors (Lipinski definition) is 1. The van der Waals surface area contributed by atoms with Crippen LogP contribution in [0.25, 0.3) is 0 Å². The molecule has 0 aliphatic carbocycles. The fourth-order valence-electron chi connectivity index (χ4n) is 1.27. The van der Waals surface area contributed by atoms with Crippen molar-refractivity contribution >= 4 is 17.0 Å². The lowest BCUT2D eigenvalue weighted by molar-refractivity contribution is -0.138. The molecule has 0 saturated carbocycles. The second-order valence-electron chi connectivity index (χ2n) is 3.44. The van der Waals surface area contributed by atoms with Crippen LogP contribution < -0.4 is 10.5 Å². The lowest BCUT2D eigenvalue weighted by Crippen LogP contribution is -2.08. The van der Waals surface area contributed by atoms with Gasteiger partial charge in [-0.2, -0.15) is 13.2 Å². The number of rotatable bonds is 2. The molecule has 8 heteroatoms. The summed E-state index contributed by atoms with van der Waals surface area (Å²) in [5.74, 6) is -0.340. The summed E-state index contributed by atoms with van der Waals surface area (Å²) in [7, 11) is 0. The van der Waals surface area contributed by atoms with Gasteiger partial charge in [-0.05, 0) is 25.1 Å². The Morgan fingerprint density at radius 3 is 2.56 bits per heavy atom. The normalized spacial score (nSPS) is 11.6. The van der Waals surface area contributed by atoms with Gasteiger partial charge in [0.2, 0.25) is 0 Å². The van der Waals surface area contributed by atoms with Crippen molar-refractivity contribution in [2.75, 3.05) is 5.73 Å². The van der Waals surface area contributed by atoms with Crippen LogP contribution >= 0.6 is 11.3 Å². The van der Waals surface area contributed by atoms with E-state index in [1.807, 2.05) is 0 Å². The first-order valence-electron chi connectivity index (χ1n) is 4.81. The first-order valence-corrected chi connectivity index (χ1v) is 5.62. The lowest BCUT2D eigenvalue weighted by Gasteiger charge is -2.12. The first-order chi connectivity index (χ1) is 8.36. The van der Waals surface area contributed by atoms with Gasteiger partial charge in [0, 0.05) is 5.69 Å². The number of ether oxygens (including phenoxy) is 1. The Labute approximate surface area is 104 Å². The molecule has 96 valence electrons. The van der Waals surface area contributed by atoms with E-state index in [1.54, 1.807) is 6.92 Å². The minimum absolute atomic E-state index is 0.0168. The van der Waals surface area contributed by atoms with Crippen molar-refractivity contribution < 1.29 is 17.9 Å². The average molecular weight is 275 g/mol. The van der Waals surface area contributed by atoms with Crippen LogP contribution in [0.4, 0.5) is 18.9 Å². The minimum Gasteiger partial charge on any atom is -0.429 e. The Morgan fingerprint density at radius 1 is 1.28 bits per heavy atom. The van der Waals surface area contributed by atoms with E-state index in [1.165, 1.54) is 6.07 Å². The predicted molar refractivity (Wildman–Crippen MR) is 60.6 cm³/mol. The number of nitrogens with two attached hydrogens (primary N) is 1. The van der Waals surface area contributed by atoms with Crippen LogP contribution in [0.1, 0.15) is 10.6 Å². The van der Waals surface area contributed by atoms with Crippen molar-refractivity contribution in [2.24, 2.45) is 0 Å². The third-order valence-corrected chi connectivity index (χ3v) is 2.73. The summed E-state index contributed by atoms with van der Waals surface area (Å²) < 4.78 is 43.4. The zero-order chi connectivity index (χ0) is 13.3. The average Bonchev–Trinajstić information content (AvgIpc) is 2.65. The Hall–Kier alpha value is -1.83. The van der Waals surface area contributed by atoms with Crippen LogP contribution in [-0.2, 0) is 6.18 Å². The van der Waals surface area contributed by atoms with Crippen molar-refractivity contribution in [1.29, 1.82) is 0 Å². The van der Waals surface area contributed by atoms with Crippen molar-refractivity contribution in [1.82, 2.24) is 10.2 Å². The van der Waals surface area contributed by atoms with Gasteiger partial charge in [-0.15, -0.1) is 5.10 Å². The lowest BCUT2D eigenvalue weighted by atomic mass is 10.1. The Bertz CT molecular complexity index is 568. The molecule has 18 heavy (non-hydrogen) atoms. The summed E-state index contributed by atoms with van der Waals surface area (Å²) in [6.07, 6.45) is -4.54. The van der Waals surface area contributed by atoms with E-state index in [0.717, 1.165) is 23.5 Å². The van der Waals surface area contributed by atoms with Crippen LogP contribution in [0, 0.1) is 6.92 Å². The number of aromatic nitrogens is 2. The van der Waals surface area contributed by atoms with Gasteiger partial charge in [-0.1, -0.05) is 16.4 Å². The number of hydrogen-bond acceptors (Lipinski definition) is 5. The molecule has 2 rings (SSSR count). The third kappa shape index (κ3) is 2.70. The summed E-state index contributed by atoms with van der Waals surface area (Å²) in [5.41, 5.74) is 4.42. The van der Waals surface area contributed by atoms with Crippen LogP contribution in [0.5, 0.6) is 10.9 Å². The zero-order valence-corrected chi connectivity index (χ0v) is 9.97. The molecule has 0 saturated heterocycles. The molecule has 0 radical (unpaired) electrons. The Balaban J connectivity index is 2.38. The number of alkyl halides is 3. The maximum Gasteiger partial charge on any atom is 0.420 e.